The lowest BCUT2D eigenvalue weighted by Crippen LogP contribution is -2.02. The first kappa shape index (κ1) is 10.1. The fourth-order valence-electron chi connectivity index (χ4n) is 1.04. The molecule has 1 aromatic rings. The van der Waals surface area contributed by atoms with E-state index in [1.54, 1.807) is 6.07 Å². The van der Waals surface area contributed by atoms with Gasteiger partial charge in [-0.15, -0.1) is 0 Å². The Bertz CT molecular complexity index is 365. The lowest BCUT2D eigenvalue weighted by Gasteiger charge is -2.02. The van der Waals surface area contributed by atoms with Crippen LogP contribution in [0.25, 0.3) is 0 Å². The molecule has 0 unspecified atom stereocenters. The van der Waals surface area contributed by atoms with E-state index < -0.39 is 4.92 Å². The van der Waals surface area contributed by atoms with Gasteiger partial charge >= 0.3 is 0 Å². The molecule has 0 spiro atoms. The minimum absolute atomic E-state index is 0.153. The molecule has 0 heterocycles. The van der Waals surface area contributed by atoms with Crippen LogP contribution in [0.1, 0.15) is 5.56 Å². The van der Waals surface area contributed by atoms with Gasteiger partial charge in [0, 0.05) is 12.6 Å². The second-order valence-corrected chi connectivity index (χ2v) is 2.57. The van der Waals surface area contributed by atoms with Crippen LogP contribution in [0.3, 0.4) is 0 Å². The van der Waals surface area contributed by atoms with Crippen LogP contribution in [0.15, 0.2) is 18.2 Å². The van der Waals surface area contributed by atoms with Crippen LogP contribution in [0.5, 0.6) is 0 Å². The van der Waals surface area contributed by atoms with Gasteiger partial charge in [0.2, 0.25) is 6.41 Å². The van der Waals surface area contributed by atoms with Crippen LogP contribution >= 0.6 is 0 Å². The molecular weight excluding hydrogens is 186 g/mol. The normalized spacial score (nSPS) is 9.50. The monoisotopic (exact) mass is 195 g/mol. The summed E-state index contributed by atoms with van der Waals surface area (Å²) in [6, 6.07) is 4.42. The van der Waals surface area contributed by atoms with Gasteiger partial charge in [0.05, 0.1) is 4.92 Å². The highest BCUT2D eigenvalue weighted by Gasteiger charge is 2.13. The quantitative estimate of drug-likeness (QED) is 0.418. The first-order chi connectivity index (χ1) is 6.69. The fourth-order valence-corrected chi connectivity index (χ4v) is 1.04. The van der Waals surface area contributed by atoms with E-state index in [-0.39, 0.29) is 17.9 Å². The van der Waals surface area contributed by atoms with Crippen molar-refractivity contribution in [2.75, 3.05) is 5.32 Å². The standard InChI is InChI=1S/C8H9N3O3/c9-4-6-1-2-7(10-5-12)8(3-6)11(13)14/h1-3,5H,4,9H2,(H,10,12). The number of carbonyl (C=O) groups is 1. The van der Waals surface area contributed by atoms with Crippen LogP contribution in [0.4, 0.5) is 11.4 Å². The highest BCUT2D eigenvalue weighted by atomic mass is 16.6. The average Bonchev–Trinajstić information content (AvgIpc) is 2.18. The van der Waals surface area contributed by atoms with Gasteiger partial charge in [-0.3, -0.25) is 14.9 Å². The SMILES string of the molecule is NCc1ccc(NC=O)c([N+](=O)[O-])c1. The summed E-state index contributed by atoms with van der Waals surface area (Å²) >= 11 is 0. The number of anilines is 1. The smallest absolute Gasteiger partial charge is 0.293 e. The molecule has 14 heavy (non-hydrogen) atoms. The first-order valence-corrected chi connectivity index (χ1v) is 3.86. The van der Waals surface area contributed by atoms with Crippen molar-refractivity contribution in [1.29, 1.82) is 0 Å². The third-order valence-corrected chi connectivity index (χ3v) is 1.71. The number of nitrogens with one attached hydrogen (secondary N) is 1. The van der Waals surface area contributed by atoms with Crippen molar-refractivity contribution in [1.82, 2.24) is 0 Å². The zero-order chi connectivity index (χ0) is 10.6. The van der Waals surface area contributed by atoms with Crippen LogP contribution < -0.4 is 11.1 Å². The number of nitro groups is 1. The van der Waals surface area contributed by atoms with E-state index in [9.17, 15) is 14.9 Å². The Hall–Kier alpha value is -1.95. The number of benzene rings is 1. The number of nitro benzene ring substituents is 1. The Kier molecular flexibility index (Phi) is 3.14. The molecule has 0 aliphatic heterocycles. The van der Waals surface area contributed by atoms with Crippen LogP contribution in [0, 0.1) is 10.1 Å². The van der Waals surface area contributed by atoms with Gasteiger partial charge in [-0.25, -0.2) is 0 Å². The number of rotatable bonds is 4. The lowest BCUT2D eigenvalue weighted by atomic mass is 10.2. The molecule has 0 aliphatic rings. The zero-order valence-electron chi connectivity index (χ0n) is 7.27. The molecule has 0 saturated heterocycles. The molecule has 0 fully saturated rings. The molecule has 1 amide bonds. The third-order valence-electron chi connectivity index (χ3n) is 1.71. The molecule has 0 bridgehead atoms. The average molecular weight is 195 g/mol. The van der Waals surface area contributed by atoms with Crippen molar-refractivity contribution in [2.45, 2.75) is 6.54 Å². The maximum absolute atomic E-state index is 10.6. The van der Waals surface area contributed by atoms with E-state index in [4.69, 9.17) is 5.73 Å². The molecule has 0 saturated carbocycles. The Morgan fingerprint density at radius 2 is 2.29 bits per heavy atom. The van der Waals surface area contributed by atoms with Gasteiger partial charge in [-0.2, -0.15) is 0 Å². The second-order valence-electron chi connectivity index (χ2n) is 2.57. The highest BCUT2D eigenvalue weighted by Crippen LogP contribution is 2.24. The number of hydrogen-bond acceptors (Lipinski definition) is 4. The highest BCUT2D eigenvalue weighted by molar-refractivity contribution is 5.77. The molecule has 0 radical (unpaired) electrons. The summed E-state index contributed by atoms with van der Waals surface area (Å²) in [5.74, 6) is 0. The van der Waals surface area contributed by atoms with Gasteiger partial charge in [0.25, 0.3) is 5.69 Å². The van der Waals surface area contributed by atoms with Gasteiger partial charge < -0.3 is 11.1 Å². The van der Waals surface area contributed by atoms with E-state index in [1.807, 2.05) is 0 Å². The molecule has 6 nitrogen and oxygen atoms in total. The van der Waals surface area contributed by atoms with Gasteiger partial charge in [0.1, 0.15) is 5.69 Å². The summed E-state index contributed by atoms with van der Waals surface area (Å²) in [5, 5.41) is 12.8. The molecule has 1 rings (SSSR count). The van der Waals surface area contributed by atoms with Gasteiger partial charge in [-0.05, 0) is 11.6 Å². The number of hydrogen-bond donors (Lipinski definition) is 2. The topological polar surface area (TPSA) is 98.3 Å². The van der Waals surface area contributed by atoms with Crippen molar-refractivity contribution in [3.05, 3.63) is 33.9 Å². The van der Waals surface area contributed by atoms with Gasteiger partial charge in [-0.1, -0.05) is 6.07 Å². The minimum atomic E-state index is -0.564. The predicted octanol–water partition coefficient (Wildman–Crippen LogP) is 0.622. The van der Waals surface area contributed by atoms with E-state index in [0.717, 1.165) is 0 Å². The number of carbonyl (C=O) groups excluding carboxylic acids is 1. The van der Waals surface area contributed by atoms with E-state index in [0.29, 0.717) is 12.0 Å². The Balaban J connectivity index is 3.16. The molecule has 0 aromatic heterocycles. The molecule has 0 atom stereocenters. The van der Waals surface area contributed by atoms with Crippen LogP contribution in [-0.2, 0) is 11.3 Å². The summed E-state index contributed by atoms with van der Waals surface area (Å²) in [5.41, 5.74) is 5.99. The maximum Gasteiger partial charge on any atom is 0.293 e. The number of nitrogens with two attached hydrogens (primary N) is 1. The molecule has 6 heteroatoms. The maximum atomic E-state index is 10.6. The van der Waals surface area contributed by atoms with E-state index >= 15 is 0 Å². The number of amides is 1. The van der Waals surface area contributed by atoms with Crippen molar-refractivity contribution in [2.24, 2.45) is 5.73 Å². The minimum Gasteiger partial charge on any atom is -0.326 e. The van der Waals surface area contributed by atoms with Crippen molar-refractivity contribution in [3.8, 4) is 0 Å². The third kappa shape index (κ3) is 2.05. The predicted molar refractivity (Wildman–Crippen MR) is 50.7 cm³/mol. The summed E-state index contributed by atoms with van der Waals surface area (Å²) in [7, 11) is 0. The summed E-state index contributed by atoms with van der Waals surface area (Å²) < 4.78 is 0. The lowest BCUT2D eigenvalue weighted by molar-refractivity contribution is -0.384. The Morgan fingerprint density at radius 1 is 1.57 bits per heavy atom. The van der Waals surface area contributed by atoms with E-state index in [1.165, 1.54) is 12.1 Å². The molecule has 1 aromatic carbocycles. The van der Waals surface area contributed by atoms with Crippen molar-refractivity contribution < 1.29 is 9.72 Å². The summed E-state index contributed by atoms with van der Waals surface area (Å²) in [6.07, 6.45) is 0.393. The second kappa shape index (κ2) is 4.33. The largest absolute Gasteiger partial charge is 0.326 e. The fraction of sp³-hybridized carbons (Fsp3) is 0.125. The Morgan fingerprint density at radius 3 is 2.79 bits per heavy atom. The molecular formula is C8H9N3O3. The van der Waals surface area contributed by atoms with Gasteiger partial charge in [0.15, 0.2) is 0 Å². The first-order valence-electron chi connectivity index (χ1n) is 3.86. The Labute approximate surface area is 79.9 Å². The van der Waals surface area contributed by atoms with Crippen molar-refractivity contribution >= 4 is 17.8 Å². The molecule has 74 valence electrons. The van der Waals surface area contributed by atoms with Crippen molar-refractivity contribution in [3.63, 3.8) is 0 Å². The van der Waals surface area contributed by atoms with E-state index in [2.05, 4.69) is 5.32 Å². The molecule has 0 aliphatic carbocycles. The summed E-state index contributed by atoms with van der Waals surface area (Å²) in [6.45, 7) is 0.224. The summed E-state index contributed by atoms with van der Waals surface area (Å²) in [4.78, 5) is 20.2. The zero-order valence-corrected chi connectivity index (χ0v) is 7.27. The van der Waals surface area contributed by atoms with Crippen LogP contribution in [-0.4, -0.2) is 11.3 Å². The molecule has 3 N–H and O–H groups in total. The van der Waals surface area contributed by atoms with Crippen LogP contribution in [0.2, 0.25) is 0 Å². The number of nitrogens with zero attached hydrogens (tertiary/aromatic N) is 1.